The third-order valence-electron chi connectivity index (χ3n) is 4.14. The minimum atomic E-state index is 0.734. The van der Waals surface area contributed by atoms with Gasteiger partial charge in [0.1, 0.15) is 0 Å². The predicted molar refractivity (Wildman–Crippen MR) is 81.1 cm³/mol. The average Bonchev–Trinajstić information content (AvgIpc) is 2.41. The van der Waals surface area contributed by atoms with E-state index < -0.39 is 0 Å². The zero-order chi connectivity index (χ0) is 13.1. The van der Waals surface area contributed by atoms with Gasteiger partial charge in [0.2, 0.25) is 0 Å². The molecule has 0 radical (unpaired) electrons. The van der Waals surface area contributed by atoms with Crippen LogP contribution in [0.1, 0.15) is 78.1 Å². The van der Waals surface area contributed by atoms with Crippen molar-refractivity contribution in [2.45, 2.75) is 90.1 Å². The molecule has 1 fully saturated rings. The Morgan fingerprint density at radius 1 is 0.722 bits per heavy atom. The highest BCUT2D eigenvalue weighted by molar-refractivity contribution is 4.86. The maximum Gasteiger partial charge on any atom is 0.0221 e. The molecule has 1 rings (SSSR count). The number of hydrogen-bond donors (Lipinski definition) is 2. The highest BCUT2D eigenvalue weighted by Crippen LogP contribution is 2.18. The molecular formula is C16H34N2. The molecule has 0 aromatic heterocycles. The van der Waals surface area contributed by atoms with Crippen molar-refractivity contribution in [3.63, 3.8) is 0 Å². The summed E-state index contributed by atoms with van der Waals surface area (Å²) in [7, 11) is 0. The van der Waals surface area contributed by atoms with E-state index in [9.17, 15) is 0 Å². The van der Waals surface area contributed by atoms with Crippen molar-refractivity contribution in [3.8, 4) is 0 Å². The Balaban J connectivity index is 2.15. The highest BCUT2D eigenvalue weighted by atomic mass is 15.0. The Morgan fingerprint density at radius 3 is 1.56 bits per heavy atom. The zero-order valence-electron chi connectivity index (χ0n) is 12.6. The van der Waals surface area contributed by atoms with Crippen LogP contribution in [0.25, 0.3) is 0 Å². The summed E-state index contributed by atoms with van der Waals surface area (Å²) in [5.74, 6) is 0. The van der Waals surface area contributed by atoms with Gasteiger partial charge in [-0.15, -0.1) is 0 Å². The van der Waals surface area contributed by atoms with Crippen molar-refractivity contribution in [2.75, 3.05) is 13.1 Å². The molecule has 1 aliphatic carbocycles. The Labute approximate surface area is 114 Å². The molecular weight excluding hydrogens is 220 g/mol. The molecule has 2 N–H and O–H groups in total. The lowest BCUT2D eigenvalue weighted by Crippen LogP contribution is -2.50. The van der Waals surface area contributed by atoms with Crippen molar-refractivity contribution >= 4 is 0 Å². The van der Waals surface area contributed by atoms with Gasteiger partial charge in [-0.05, 0) is 38.8 Å². The number of rotatable bonds is 10. The van der Waals surface area contributed by atoms with Crippen molar-refractivity contribution in [3.05, 3.63) is 0 Å². The second-order valence-electron chi connectivity index (χ2n) is 5.82. The van der Waals surface area contributed by atoms with Gasteiger partial charge in [0.15, 0.2) is 0 Å². The van der Waals surface area contributed by atoms with Gasteiger partial charge in [0.05, 0.1) is 0 Å². The quantitative estimate of drug-likeness (QED) is 0.579. The number of hydrogen-bond acceptors (Lipinski definition) is 2. The van der Waals surface area contributed by atoms with Gasteiger partial charge in [0.25, 0.3) is 0 Å². The first kappa shape index (κ1) is 16.0. The number of nitrogens with one attached hydrogen (secondary N) is 2. The smallest absolute Gasteiger partial charge is 0.0221 e. The standard InChI is InChI=1S/C16H34N2/c1-3-5-9-13-17-15-11-7-8-12-16(15)18-14-10-6-4-2/h15-18H,3-14H2,1-2H3/t15-,16-/m1/s1. The molecule has 0 unspecified atom stereocenters. The molecule has 0 aromatic carbocycles. The van der Waals surface area contributed by atoms with Gasteiger partial charge in [-0.1, -0.05) is 52.4 Å². The minimum absolute atomic E-state index is 0.734. The maximum absolute atomic E-state index is 3.78. The van der Waals surface area contributed by atoms with Gasteiger partial charge < -0.3 is 10.6 Å². The summed E-state index contributed by atoms with van der Waals surface area (Å²) in [5, 5.41) is 7.57. The van der Waals surface area contributed by atoms with Crippen LogP contribution < -0.4 is 10.6 Å². The second-order valence-corrected chi connectivity index (χ2v) is 5.82. The molecule has 2 heteroatoms. The van der Waals surface area contributed by atoms with E-state index in [-0.39, 0.29) is 0 Å². The van der Waals surface area contributed by atoms with Gasteiger partial charge in [-0.2, -0.15) is 0 Å². The summed E-state index contributed by atoms with van der Waals surface area (Å²) in [6.45, 7) is 6.98. The van der Waals surface area contributed by atoms with Crippen LogP contribution in [0.4, 0.5) is 0 Å². The average molecular weight is 254 g/mol. The first-order valence-electron chi connectivity index (χ1n) is 8.35. The Morgan fingerprint density at radius 2 is 1.17 bits per heavy atom. The highest BCUT2D eigenvalue weighted by Gasteiger charge is 2.23. The van der Waals surface area contributed by atoms with E-state index in [1.54, 1.807) is 0 Å². The summed E-state index contributed by atoms with van der Waals surface area (Å²) < 4.78 is 0. The van der Waals surface area contributed by atoms with Crippen molar-refractivity contribution < 1.29 is 0 Å². The van der Waals surface area contributed by atoms with Crippen LogP contribution in [0.5, 0.6) is 0 Å². The second kappa shape index (κ2) is 10.8. The topological polar surface area (TPSA) is 24.1 Å². The summed E-state index contributed by atoms with van der Waals surface area (Å²) in [6, 6.07) is 1.47. The van der Waals surface area contributed by atoms with Gasteiger partial charge >= 0.3 is 0 Å². The van der Waals surface area contributed by atoms with Crippen LogP contribution in [0.15, 0.2) is 0 Å². The van der Waals surface area contributed by atoms with E-state index in [0.717, 1.165) is 12.1 Å². The lowest BCUT2D eigenvalue weighted by atomic mass is 9.90. The first-order valence-corrected chi connectivity index (χ1v) is 8.35. The van der Waals surface area contributed by atoms with Crippen LogP contribution in [-0.2, 0) is 0 Å². The zero-order valence-corrected chi connectivity index (χ0v) is 12.6. The van der Waals surface area contributed by atoms with E-state index >= 15 is 0 Å². The van der Waals surface area contributed by atoms with Gasteiger partial charge in [-0.3, -0.25) is 0 Å². The molecule has 2 nitrogen and oxygen atoms in total. The molecule has 18 heavy (non-hydrogen) atoms. The molecule has 0 spiro atoms. The van der Waals surface area contributed by atoms with Crippen LogP contribution in [0.2, 0.25) is 0 Å². The van der Waals surface area contributed by atoms with E-state index in [1.165, 1.54) is 77.3 Å². The van der Waals surface area contributed by atoms with Crippen LogP contribution >= 0.6 is 0 Å². The lowest BCUT2D eigenvalue weighted by molar-refractivity contribution is 0.282. The molecule has 0 saturated heterocycles. The van der Waals surface area contributed by atoms with Gasteiger partial charge in [0, 0.05) is 12.1 Å². The third-order valence-corrected chi connectivity index (χ3v) is 4.14. The molecule has 1 saturated carbocycles. The fourth-order valence-electron chi connectivity index (χ4n) is 2.94. The monoisotopic (exact) mass is 254 g/mol. The van der Waals surface area contributed by atoms with Crippen LogP contribution in [-0.4, -0.2) is 25.2 Å². The maximum atomic E-state index is 3.78. The third kappa shape index (κ3) is 6.75. The van der Waals surface area contributed by atoms with Crippen molar-refractivity contribution in [2.24, 2.45) is 0 Å². The van der Waals surface area contributed by atoms with E-state index in [4.69, 9.17) is 0 Å². The Hall–Kier alpha value is -0.0800. The van der Waals surface area contributed by atoms with Crippen molar-refractivity contribution in [1.29, 1.82) is 0 Å². The molecule has 2 atom stereocenters. The number of unbranched alkanes of at least 4 members (excludes halogenated alkanes) is 4. The SMILES string of the molecule is CCCCCN[C@@H]1CCCC[C@H]1NCCCCC. The molecule has 0 amide bonds. The summed E-state index contributed by atoms with van der Waals surface area (Å²) in [5.41, 5.74) is 0. The molecule has 0 aliphatic heterocycles. The first-order chi connectivity index (χ1) is 8.88. The fourth-order valence-corrected chi connectivity index (χ4v) is 2.94. The molecule has 1 aliphatic rings. The fraction of sp³-hybridized carbons (Fsp3) is 1.00. The minimum Gasteiger partial charge on any atom is -0.312 e. The molecule has 108 valence electrons. The largest absolute Gasteiger partial charge is 0.312 e. The van der Waals surface area contributed by atoms with Crippen molar-refractivity contribution in [1.82, 2.24) is 10.6 Å². The van der Waals surface area contributed by atoms with E-state index in [2.05, 4.69) is 24.5 Å². The summed E-state index contributed by atoms with van der Waals surface area (Å²) in [4.78, 5) is 0. The van der Waals surface area contributed by atoms with Crippen LogP contribution in [0, 0.1) is 0 Å². The van der Waals surface area contributed by atoms with Gasteiger partial charge in [-0.25, -0.2) is 0 Å². The summed E-state index contributed by atoms with van der Waals surface area (Å²) in [6.07, 6.45) is 13.6. The summed E-state index contributed by atoms with van der Waals surface area (Å²) >= 11 is 0. The lowest BCUT2D eigenvalue weighted by Gasteiger charge is -2.33. The normalized spacial score (nSPS) is 24.3. The Bertz CT molecular complexity index is 162. The Kier molecular flexibility index (Phi) is 9.59. The predicted octanol–water partition coefficient (Wildman–Crippen LogP) is 3.86. The van der Waals surface area contributed by atoms with E-state index in [1.807, 2.05) is 0 Å². The van der Waals surface area contributed by atoms with E-state index in [0.29, 0.717) is 0 Å². The molecule has 0 heterocycles. The molecule has 0 bridgehead atoms. The molecule has 0 aromatic rings. The van der Waals surface area contributed by atoms with Crippen LogP contribution in [0.3, 0.4) is 0 Å².